The minimum atomic E-state index is 0.606. The van der Waals surface area contributed by atoms with E-state index in [1.54, 1.807) is 6.20 Å². The molecule has 0 amide bonds. The molecule has 2 heterocycles. The lowest BCUT2D eigenvalue weighted by Crippen LogP contribution is -2.43. The van der Waals surface area contributed by atoms with Crippen LogP contribution in [0.2, 0.25) is 0 Å². The monoisotopic (exact) mass is 297 g/mol. The van der Waals surface area contributed by atoms with E-state index in [2.05, 4.69) is 39.2 Å². The van der Waals surface area contributed by atoms with Gasteiger partial charge in [-0.15, -0.1) is 5.10 Å². The van der Waals surface area contributed by atoms with Gasteiger partial charge in [-0.2, -0.15) is 5.10 Å². The lowest BCUT2D eigenvalue weighted by atomic mass is 10.0. The Morgan fingerprint density at radius 3 is 2.73 bits per heavy atom. The van der Waals surface area contributed by atoms with Crippen molar-refractivity contribution >= 4 is 11.5 Å². The van der Waals surface area contributed by atoms with Crippen LogP contribution in [-0.4, -0.2) is 41.3 Å². The van der Waals surface area contributed by atoms with Crippen LogP contribution >= 0.6 is 0 Å². The van der Waals surface area contributed by atoms with Crippen LogP contribution in [0.5, 0.6) is 0 Å². The van der Waals surface area contributed by atoms with E-state index in [0.717, 1.165) is 44.0 Å². The molecule has 5 heteroatoms. The first kappa shape index (κ1) is 14.8. The Morgan fingerprint density at radius 1 is 1.23 bits per heavy atom. The summed E-state index contributed by atoms with van der Waals surface area (Å²) in [5.41, 5.74) is 7.97. The summed E-state index contributed by atoms with van der Waals surface area (Å²) in [7, 11) is 2.20. The van der Waals surface area contributed by atoms with E-state index >= 15 is 0 Å². The molecule has 0 spiro atoms. The molecule has 22 heavy (non-hydrogen) atoms. The third-order valence-electron chi connectivity index (χ3n) is 4.35. The molecule has 5 nitrogen and oxygen atoms in total. The van der Waals surface area contributed by atoms with Gasteiger partial charge in [0.2, 0.25) is 0 Å². The molecule has 2 N–H and O–H groups in total. The molecule has 1 fully saturated rings. The second kappa shape index (κ2) is 6.75. The molecule has 3 rings (SSSR count). The Kier molecular flexibility index (Phi) is 4.53. The number of piperidine rings is 1. The summed E-state index contributed by atoms with van der Waals surface area (Å²) in [4.78, 5) is 4.75. The van der Waals surface area contributed by atoms with E-state index in [0.29, 0.717) is 6.04 Å². The van der Waals surface area contributed by atoms with Crippen LogP contribution in [0, 0.1) is 0 Å². The molecule has 116 valence electrons. The van der Waals surface area contributed by atoms with E-state index in [-0.39, 0.29) is 0 Å². The van der Waals surface area contributed by atoms with Crippen molar-refractivity contribution in [3.8, 4) is 0 Å². The molecule has 1 aliphatic rings. The lowest BCUT2D eigenvalue weighted by molar-refractivity contribution is 0.200. The van der Waals surface area contributed by atoms with E-state index in [9.17, 15) is 0 Å². The van der Waals surface area contributed by atoms with Gasteiger partial charge in [-0.1, -0.05) is 12.1 Å². The fraction of sp³-hybridized carbons (Fsp3) is 0.412. The van der Waals surface area contributed by atoms with Gasteiger partial charge in [-0.3, -0.25) is 4.90 Å². The van der Waals surface area contributed by atoms with Gasteiger partial charge in [0.15, 0.2) is 5.82 Å². The highest BCUT2D eigenvalue weighted by atomic mass is 15.3. The summed E-state index contributed by atoms with van der Waals surface area (Å²) in [6.07, 6.45) is 4.01. The van der Waals surface area contributed by atoms with Gasteiger partial charge >= 0.3 is 0 Å². The molecule has 0 bridgehead atoms. The van der Waals surface area contributed by atoms with Crippen molar-refractivity contribution < 1.29 is 0 Å². The van der Waals surface area contributed by atoms with Crippen molar-refractivity contribution in [2.24, 2.45) is 0 Å². The van der Waals surface area contributed by atoms with Gasteiger partial charge in [0, 0.05) is 37.6 Å². The summed E-state index contributed by atoms with van der Waals surface area (Å²) in [5, 5.41) is 8.16. The predicted octanol–water partition coefficient (Wildman–Crippen LogP) is 2.16. The topological polar surface area (TPSA) is 58.3 Å². The van der Waals surface area contributed by atoms with E-state index in [1.165, 1.54) is 5.56 Å². The van der Waals surface area contributed by atoms with Crippen molar-refractivity contribution in [1.82, 2.24) is 15.1 Å². The number of aromatic nitrogens is 2. The molecular formula is C17H23N5. The molecular weight excluding hydrogens is 274 g/mol. The molecule has 1 saturated heterocycles. The smallest absolute Gasteiger partial charge is 0.151 e. The molecule has 0 atom stereocenters. The molecule has 1 aromatic carbocycles. The van der Waals surface area contributed by atoms with Crippen LogP contribution in [0.4, 0.5) is 11.5 Å². The average molecular weight is 297 g/mol. The zero-order valence-corrected chi connectivity index (χ0v) is 13.0. The highest BCUT2D eigenvalue weighted by molar-refractivity contribution is 5.40. The minimum Gasteiger partial charge on any atom is -0.399 e. The van der Waals surface area contributed by atoms with Crippen molar-refractivity contribution in [3.05, 3.63) is 48.2 Å². The first-order valence-corrected chi connectivity index (χ1v) is 7.79. The molecule has 2 aromatic rings. The molecule has 0 aliphatic carbocycles. The highest BCUT2D eigenvalue weighted by Gasteiger charge is 2.23. The summed E-state index contributed by atoms with van der Waals surface area (Å²) in [5.74, 6) is 0.986. The standard InChI is InChI=1S/C17H23N5/c1-21(13-14-4-2-5-15(18)12-14)16-7-10-22(11-8-16)17-6-3-9-19-20-17/h2-6,9,12,16H,7-8,10-11,13,18H2,1H3. The second-order valence-electron chi connectivity index (χ2n) is 5.96. The van der Waals surface area contributed by atoms with Crippen LogP contribution in [-0.2, 0) is 6.54 Å². The van der Waals surface area contributed by atoms with Gasteiger partial charge in [0.05, 0.1) is 0 Å². The van der Waals surface area contributed by atoms with E-state index in [1.807, 2.05) is 24.3 Å². The maximum atomic E-state index is 5.86. The Morgan fingerprint density at radius 2 is 2.05 bits per heavy atom. The average Bonchev–Trinajstić information content (AvgIpc) is 2.56. The van der Waals surface area contributed by atoms with Gasteiger partial charge in [0.1, 0.15) is 0 Å². The van der Waals surface area contributed by atoms with Crippen LogP contribution in [0.1, 0.15) is 18.4 Å². The van der Waals surface area contributed by atoms with Gasteiger partial charge < -0.3 is 10.6 Å². The molecule has 1 aliphatic heterocycles. The largest absolute Gasteiger partial charge is 0.399 e. The fourth-order valence-corrected chi connectivity index (χ4v) is 3.11. The molecule has 0 radical (unpaired) electrons. The second-order valence-corrected chi connectivity index (χ2v) is 5.96. The van der Waals surface area contributed by atoms with Crippen molar-refractivity contribution in [1.29, 1.82) is 0 Å². The number of nitrogens with zero attached hydrogens (tertiary/aromatic N) is 4. The summed E-state index contributed by atoms with van der Waals surface area (Å²) in [6, 6.07) is 12.7. The summed E-state index contributed by atoms with van der Waals surface area (Å²) < 4.78 is 0. The zero-order valence-electron chi connectivity index (χ0n) is 13.0. The van der Waals surface area contributed by atoms with Gasteiger partial charge in [0.25, 0.3) is 0 Å². The zero-order chi connectivity index (χ0) is 15.4. The minimum absolute atomic E-state index is 0.606. The Balaban J connectivity index is 1.55. The first-order chi connectivity index (χ1) is 10.7. The van der Waals surface area contributed by atoms with E-state index in [4.69, 9.17) is 5.73 Å². The van der Waals surface area contributed by atoms with Crippen LogP contribution in [0.3, 0.4) is 0 Å². The van der Waals surface area contributed by atoms with Crippen molar-refractivity contribution in [2.75, 3.05) is 30.8 Å². The maximum absolute atomic E-state index is 5.86. The summed E-state index contributed by atoms with van der Waals surface area (Å²) in [6.45, 7) is 3.01. The maximum Gasteiger partial charge on any atom is 0.151 e. The number of hydrogen-bond acceptors (Lipinski definition) is 5. The normalized spacial score (nSPS) is 16.2. The van der Waals surface area contributed by atoms with Crippen LogP contribution in [0.25, 0.3) is 0 Å². The number of nitrogens with two attached hydrogens (primary N) is 1. The number of rotatable bonds is 4. The Bertz CT molecular complexity index is 593. The molecule has 0 saturated carbocycles. The number of benzene rings is 1. The number of anilines is 2. The van der Waals surface area contributed by atoms with Crippen LogP contribution in [0.15, 0.2) is 42.6 Å². The molecule has 0 unspecified atom stereocenters. The summed E-state index contributed by atoms with van der Waals surface area (Å²) >= 11 is 0. The number of nitrogen functional groups attached to an aromatic ring is 1. The third-order valence-corrected chi connectivity index (χ3v) is 4.35. The SMILES string of the molecule is CN(Cc1cccc(N)c1)C1CCN(c2cccnn2)CC1. The molecule has 1 aromatic heterocycles. The van der Waals surface area contributed by atoms with Gasteiger partial charge in [-0.25, -0.2) is 0 Å². The lowest BCUT2D eigenvalue weighted by Gasteiger charge is -2.37. The Hall–Kier alpha value is -2.14. The van der Waals surface area contributed by atoms with Crippen molar-refractivity contribution in [3.63, 3.8) is 0 Å². The van der Waals surface area contributed by atoms with E-state index < -0.39 is 0 Å². The predicted molar refractivity (Wildman–Crippen MR) is 89.6 cm³/mol. The van der Waals surface area contributed by atoms with Gasteiger partial charge in [-0.05, 0) is 49.7 Å². The number of hydrogen-bond donors (Lipinski definition) is 1. The first-order valence-electron chi connectivity index (χ1n) is 7.79. The fourth-order valence-electron chi connectivity index (χ4n) is 3.11. The quantitative estimate of drug-likeness (QED) is 0.876. The highest BCUT2D eigenvalue weighted by Crippen LogP contribution is 2.21. The van der Waals surface area contributed by atoms with Crippen LogP contribution < -0.4 is 10.6 Å². The Labute approximate surface area is 131 Å². The third kappa shape index (κ3) is 3.54. The van der Waals surface area contributed by atoms with Crippen molar-refractivity contribution in [2.45, 2.75) is 25.4 Å².